The fraction of sp³-hybridized carbons (Fsp3) is 0.600. The summed E-state index contributed by atoms with van der Waals surface area (Å²) < 4.78 is 6.61. The van der Waals surface area contributed by atoms with Crippen molar-refractivity contribution in [3.8, 4) is 0 Å². The smallest absolute Gasteiger partial charge is 0.242 e. The van der Waals surface area contributed by atoms with Crippen LogP contribution in [0.2, 0.25) is 0 Å². The maximum absolute atomic E-state index is 11.7. The molecule has 0 saturated heterocycles. The van der Waals surface area contributed by atoms with Crippen LogP contribution in [0.15, 0.2) is 12.5 Å². The van der Waals surface area contributed by atoms with E-state index in [-0.39, 0.29) is 11.9 Å². The van der Waals surface area contributed by atoms with Gasteiger partial charge in [-0.1, -0.05) is 0 Å². The van der Waals surface area contributed by atoms with E-state index >= 15 is 0 Å². The summed E-state index contributed by atoms with van der Waals surface area (Å²) in [5.41, 5.74) is 0.830. The van der Waals surface area contributed by atoms with Crippen molar-refractivity contribution in [2.75, 3.05) is 20.3 Å². The molecule has 0 radical (unpaired) electrons. The molecule has 16 heavy (non-hydrogen) atoms. The van der Waals surface area contributed by atoms with Crippen LogP contribution < -0.4 is 5.32 Å². The Morgan fingerprint density at radius 2 is 2.50 bits per heavy atom. The summed E-state index contributed by atoms with van der Waals surface area (Å²) in [4.78, 5) is 15.7. The third kappa shape index (κ3) is 3.21. The summed E-state index contributed by atoms with van der Waals surface area (Å²) in [5.74, 6) is 0.275. The summed E-state index contributed by atoms with van der Waals surface area (Å²) in [6.07, 6.45) is 3.27. The Morgan fingerprint density at radius 1 is 1.75 bits per heavy atom. The Morgan fingerprint density at radius 3 is 3.12 bits per heavy atom. The molecular formula is C10H16ClN3O2. The van der Waals surface area contributed by atoms with Gasteiger partial charge in [0.1, 0.15) is 6.04 Å². The molecule has 0 aliphatic carbocycles. The van der Waals surface area contributed by atoms with E-state index in [1.807, 2.05) is 0 Å². The number of imidazole rings is 1. The molecule has 0 saturated carbocycles. The van der Waals surface area contributed by atoms with E-state index in [1.165, 1.54) is 0 Å². The van der Waals surface area contributed by atoms with Crippen molar-refractivity contribution < 1.29 is 9.53 Å². The minimum Gasteiger partial charge on any atom is -0.383 e. The van der Waals surface area contributed by atoms with Crippen LogP contribution in [0.4, 0.5) is 0 Å². The average Bonchev–Trinajstić information content (AvgIpc) is 2.76. The maximum atomic E-state index is 11.7. The number of hydrogen-bond acceptors (Lipinski definition) is 3. The van der Waals surface area contributed by atoms with Gasteiger partial charge in [0, 0.05) is 19.9 Å². The van der Waals surface area contributed by atoms with Gasteiger partial charge in [-0.05, 0) is 6.92 Å². The molecule has 6 heteroatoms. The van der Waals surface area contributed by atoms with E-state index < -0.39 is 0 Å². The highest BCUT2D eigenvalue weighted by Gasteiger charge is 2.16. The number of aromatic nitrogens is 2. The number of halogens is 1. The van der Waals surface area contributed by atoms with Crippen molar-refractivity contribution in [1.29, 1.82) is 0 Å². The molecule has 0 spiro atoms. The Labute approximate surface area is 99.8 Å². The molecule has 1 amide bonds. The van der Waals surface area contributed by atoms with Crippen molar-refractivity contribution >= 4 is 17.5 Å². The lowest BCUT2D eigenvalue weighted by Gasteiger charge is -2.15. The molecule has 1 unspecified atom stereocenters. The largest absolute Gasteiger partial charge is 0.383 e. The summed E-state index contributed by atoms with van der Waals surface area (Å²) in [6.45, 7) is 2.81. The van der Waals surface area contributed by atoms with Gasteiger partial charge < -0.3 is 14.6 Å². The molecule has 1 aromatic rings. The van der Waals surface area contributed by atoms with E-state index in [0.29, 0.717) is 19.0 Å². The van der Waals surface area contributed by atoms with E-state index in [0.717, 1.165) is 5.69 Å². The first kappa shape index (κ1) is 13.0. The SMILES string of the molecule is COCCNC(=O)C(C)n1cncc1CCl. The van der Waals surface area contributed by atoms with Gasteiger partial charge in [-0.25, -0.2) is 4.98 Å². The highest BCUT2D eigenvalue weighted by Crippen LogP contribution is 2.11. The Hall–Kier alpha value is -1.07. The monoisotopic (exact) mass is 245 g/mol. The molecule has 1 N–H and O–H groups in total. The third-order valence-electron chi connectivity index (χ3n) is 2.29. The van der Waals surface area contributed by atoms with Crippen molar-refractivity contribution in [2.24, 2.45) is 0 Å². The van der Waals surface area contributed by atoms with Gasteiger partial charge in [0.25, 0.3) is 0 Å². The molecule has 1 atom stereocenters. The molecule has 0 aliphatic rings. The molecule has 1 aromatic heterocycles. The second-order valence-electron chi connectivity index (χ2n) is 3.39. The van der Waals surface area contributed by atoms with Crippen LogP contribution in [-0.2, 0) is 15.4 Å². The van der Waals surface area contributed by atoms with E-state index in [9.17, 15) is 4.79 Å². The molecule has 90 valence electrons. The molecule has 0 bridgehead atoms. The topological polar surface area (TPSA) is 56.1 Å². The molecule has 1 rings (SSSR count). The van der Waals surface area contributed by atoms with Gasteiger partial charge in [-0.2, -0.15) is 0 Å². The van der Waals surface area contributed by atoms with Crippen LogP contribution in [0.1, 0.15) is 18.7 Å². The van der Waals surface area contributed by atoms with Gasteiger partial charge in [-0.3, -0.25) is 4.79 Å². The lowest BCUT2D eigenvalue weighted by atomic mass is 10.3. The quantitative estimate of drug-likeness (QED) is 0.600. The van der Waals surface area contributed by atoms with Crippen molar-refractivity contribution in [3.63, 3.8) is 0 Å². The number of amides is 1. The average molecular weight is 246 g/mol. The third-order valence-corrected chi connectivity index (χ3v) is 2.56. The summed E-state index contributed by atoms with van der Waals surface area (Å²) in [5, 5.41) is 2.77. The van der Waals surface area contributed by atoms with E-state index in [2.05, 4.69) is 10.3 Å². The zero-order valence-electron chi connectivity index (χ0n) is 9.44. The first-order valence-electron chi connectivity index (χ1n) is 5.04. The number of carbonyl (C=O) groups excluding carboxylic acids is 1. The second kappa shape index (κ2) is 6.50. The fourth-order valence-electron chi connectivity index (χ4n) is 1.33. The lowest BCUT2D eigenvalue weighted by molar-refractivity contribution is -0.124. The molecule has 0 fully saturated rings. The maximum Gasteiger partial charge on any atom is 0.242 e. The number of methoxy groups -OCH3 is 1. The van der Waals surface area contributed by atoms with E-state index in [1.54, 1.807) is 31.1 Å². The highest BCUT2D eigenvalue weighted by molar-refractivity contribution is 6.16. The molecular weight excluding hydrogens is 230 g/mol. The van der Waals surface area contributed by atoms with Gasteiger partial charge in [0.15, 0.2) is 0 Å². The molecule has 5 nitrogen and oxygen atoms in total. The number of carbonyl (C=O) groups is 1. The van der Waals surface area contributed by atoms with Crippen molar-refractivity contribution in [3.05, 3.63) is 18.2 Å². The van der Waals surface area contributed by atoms with Crippen LogP contribution in [0, 0.1) is 0 Å². The minimum absolute atomic E-state index is 0.0681. The highest BCUT2D eigenvalue weighted by atomic mass is 35.5. The predicted molar refractivity (Wildman–Crippen MR) is 61.4 cm³/mol. The van der Waals surface area contributed by atoms with Gasteiger partial charge in [0.2, 0.25) is 5.91 Å². The standard InChI is InChI=1S/C10H16ClN3O2/c1-8(10(15)13-3-4-16-2)14-7-12-6-9(14)5-11/h6-8H,3-5H2,1-2H3,(H,13,15). The number of alkyl halides is 1. The van der Waals surface area contributed by atoms with Crippen LogP contribution >= 0.6 is 11.6 Å². The number of rotatable bonds is 6. The zero-order chi connectivity index (χ0) is 12.0. The molecule has 1 heterocycles. The predicted octanol–water partition coefficient (Wildman–Crippen LogP) is 0.945. The number of ether oxygens (including phenoxy) is 1. The van der Waals surface area contributed by atoms with Crippen LogP contribution in [0.5, 0.6) is 0 Å². The lowest BCUT2D eigenvalue weighted by Crippen LogP contribution is -2.33. The molecule has 0 aliphatic heterocycles. The Kier molecular flexibility index (Phi) is 5.28. The normalized spacial score (nSPS) is 12.4. The Bertz CT molecular complexity index is 341. The number of nitrogens with zero attached hydrogens (tertiary/aromatic N) is 2. The Balaban J connectivity index is 2.56. The minimum atomic E-state index is -0.312. The van der Waals surface area contributed by atoms with Crippen LogP contribution in [0.3, 0.4) is 0 Å². The van der Waals surface area contributed by atoms with Crippen LogP contribution in [0.25, 0.3) is 0 Å². The van der Waals surface area contributed by atoms with Crippen molar-refractivity contribution in [1.82, 2.24) is 14.9 Å². The first-order chi connectivity index (χ1) is 7.70. The molecule has 0 aromatic carbocycles. The second-order valence-corrected chi connectivity index (χ2v) is 3.65. The summed E-state index contributed by atoms with van der Waals surface area (Å²) >= 11 is 5.74. The number of hydrogen-bond donors (Lipinski definition) is 1. The fourth-order valence-corrected chi connectivity index (χ4v) is 1.54. The van der Waals surface area contributed by atoms with Crippen LogP contribution in [-0.4, -0.2) is 35.7 Å². The van der Waals surface area contributed by atoms with Gasteiger partial charge in [0.05, 0.1) is 24.5 Å². The first-order valence-corrected chi connectivity index (χ1v) is 5.57. The summed E-state index contributed by atoms with van der Waals surface area (Å²) in [7, 11) is 1.59. The zero-order valence-corrected chi connectivity index (χ0v) is 10.2. The number of nitrogens with one attached hydrogen (secondary N) is 1. The van der Waals surface area contributed by atoms with Gasteiger partial charge in [-0.15, -0.1) is 11.6 Å². The van der Waals surface area contributed by atoms with Crippen molar-refractivity contribution in [2.45, 2.75) is 18.8 Å². The van der Waals surface area contributed by atoms with Gasteiger partial charge >= 0.3 is 0 Å². The van der Waals surface area contributed by atoms with E-state index in [4.69, 9.17) is 16.3 Å². The summed E-state index contributed by atoms with van der Waals surface area (Å²) in [6, 6.07) is -0.312.